The second-order valence-electron chi connectivity index (χ2n) is 2.49. The van der Waals surface area contributed by atoms with E-state index < -0.39 is 0 Å². The molecule has 1 rings (SSSR count). The molecule has 1 aromatic rings. The van der Waals surface area contributed by atoms with Crippen molar-refractivity contribution in [2.75, 3.05) is 0 Å². The van der Waals surface area contributed by atoms with Gasteiger partial charge in [0.05, 0.1) is 0 Å². The summed E-state index contributed by atoms with van der Waals surface area (Å²) >= 11 is 2.16. The third kappa shape index (κ3) is 2.07. The third-order valence-electron chi connectivity index (χ3n) is 1.47. The number of nitrogens with two attached hydrogens (primary N) is 1. The minimum absolute atomic E-state index is 0.0301. The highest BCUT2D eigenvalue weighted by Gasteiger charge is 2.03. The molecule has 0 amide bonds. The molecule has 60 valence electrons. The SMILES string of the molecule is C[C@H](N)c1ccc(O)cc1I. The standard InChI is InChI=1S/C8H10INO/c1-5(10)7-3-2-6(11)4-8(7)9/h2-5,11H,10H2,1H3/t5-/m0/s1. The summed E-state index contributed by atoms with van der Waals surface area (Å²) in [5, 5.41) is 9.07. The van der Waals surface area contributed by atoms with Crippen LogP contribution in [0.25, 0.3) is 0 Å². The Kier molecular flexibility index (Phi) is 2.72. The van der Waals surface area contributed by atoms with Gasteiger partial charge in [0.25, 0.3) is 0 Å². The molecule has 1 atom stereocenters. The van der Waals surface area contributed by atoms with Gasteiger partial charge in [0.1, 0.15) is 5.75 Å². The molecule has 3 N–H and O–H groups in total. The Labute approximate surface area is 79.6 Å². The highest BCUT2D eigenvalue weighted by atomic mass is 127. The van der Waals surface area contributed by atoms with Crippen LogP contribution in [0.2, 0.25) is 0 Å². The van der Waals surface area contributed by atoms with Crippen molar-refractivity contribution in [2.24, 2.45) is 5.73 Å². The van der Waals surface area contributed by atoms with Crippen LogP contribution in [-0.2, 0) is 0 Å². The maximum atomic E-state index is 9.07. The van der Waals surface area contributed by atoms with E-state index in [1.807, 2.05) is 13.0 Å². The van der Waals surface area contributed by atoms with Crippen molar-refractivity contribution < 1.29 is 5.11 Å². The first-order valence-corrected chi connectivity index (χ1v) is 4.43. The van der Waals surface area contributed by atoms with Crippen LogP contribution in [0.15, 0.2) is 18.2 Å². The molecule has 0 saturated heterocycles. The second kappa shape index (κ2) is 3.40. The van der Waals surface area contributed by atoms with E-state index in [1.54, 1.807) is 12.1 Å². The molecular weight excluding hydrogens is 253 g/mol. The predicted octanol–water partition coefficient (Wildman–Crippen LogP) is 2.02. The van der Waals surface area contributed by atoms with Crippen LogP contribution in [0.3, 0.4) is 0 Å². The fraction of sp³-hybridized carbons (Fsp3) is 0.250. The highest BCUT2D eigenvalue weighted by Crippen LogP contribution is 2.22. The summed E-state index contributed by atoms with van der Waals surface area (Å²) < 4.78 is 1.01. The van der Waals surface area contributed by atoms with Crippen LogP contribution in [0.4, 0.5) is 0 Å². The molecule has 0 radical (unpaired) electrons. The summed E-state index contributed by atoms with van der Waals surface area (Å²) in [6.45, 7) is 1.93. The van der Waals surface area contributed by atoms with Crippen molar-refractivity contribution in [3.05, 3.63) is 27.3 Å². The predicted molar refractivity (Wildman–Crippen MR) is 53.4 cm³/mol. The van der Waals surface area contributed by atoms with Gasteiger partial charge in [0.2, 0.25) is 0 Å². The molecule has 0 aliphatic heterocycles. The summed E-state index contributed by atoms with van der Waals surface area (Å²) in [5.41, 5.74) is 6.75. The topological polar surface area (TPSA) is 46.2 Å². The van der Waals surface area contributed by atoms with E-state index in [0.717, 1.165) is 9.13 Å². The van der Waals surface area contributed by atoms with Crippen LogP contribution in [0, 0.1) is 3.57 Å². The normalized spacial score (nSPS) is 13.0. The largest absolute Gasteiger partial charge is 0.508 e. The molecule has 0 unspecified atom stereocenters. The Morgan fingerprint density at radius 3 is 2.64 bits per heavy atom. The molecule has 0 fully saturated rings. The first-order chi connectivity index (χ1) is 5.11. The van der Waals surface area contributed by atoms with E-state index in [2.05, 4.69) is 22.6 Å². The van der Waals surface area contributed by atoms with Gasteiger partial charge in [0, 0.05) is 9.61 Å². The van der Waals surface area contributed by atoms with Gasteiger partial charge in [0.15, 0.2) is 0 Å². The molecule has 11 heavy (non-hydrogen) atoms. The molecular formula is C8H10INO. The van der Waals surface area contributed by atoms with E-state index in [1.165, 1.54) is 0 Å². The van der Waals surface area contributed by atoms with Crippen molar-refractivity contribution >= 4 is 22.6 Å². The van der Waals surface area contributed by atoms with E-state index in [9.17, 15) is 0 Å². The number of rotatable bonds is 1. The zero-order valence-electron chi connectivity index (χ0n) is 6.21. The van der Waals surface area contributed by atoms with Gasteiger partial charge in [-0.15, -0.1) is 0 Å². The third-order valence-corrected chi connectivity index (χ3v) is 2.41. The van der Waals surface area contributed by atoms with Gasteiger partial charge in [-0.2, -0.15) is 0 Å². The van der Waals surface area contributed by atoms with Gasteiger partial charge in [-0.1, -0.05) is 6.07 Å². The minimum atomic E-state index is 0.0301. The molecule has 0 heterocycles. The van der Waals surface area contributed by atoms with E-state index >= 15 is 0 Å². The lowest BCUT2D eigenvalue weighted by atomic mass is 10.1. The molecule has 0 saturated carbocycles. The quantitative estimate of drug-likeness (QED) is 0.761. The number of aromatic hydroxyl groups is 1. The number of phenols is 1. The molecule has 0 aliphatic carbocycles. The maximum absolute atomic E-state index is 9.07. The van der Waals surface area contributed by atoms with Crippen molar-refractivity contribution in [3.8, 4) is 5.75 Å². The first kappa shape index (κ1) is 8.80. The van der Waals surface area contributed by atoms with Gasteiger partial charge in [-0.05, 0) is 47.2 Å². The highest BCUT2D eigenvalue weighted by molar-refractivity contribution is 14.1. The molecule has 0 aromatic heterocycles. The fourth-order valence-electron chi connectivity index (χ4n) is 0.885. The van der Waals surface area contributed by atoms with Crippen LogP contribution in [0.1, 0.15) is 18.5 Å². The molecule has 0 spiro atoms. The lowest BCUT2D eigenvalue weighted by Gasteiger charge is -2.07. The molecule has 3 heteroatoms. The molecule has 1 aromatic carbocycles. The van der Waals surface area contributed by atoms with Crippen molar-refractivity contribution in [1.82, 2.24) is 0 Å². The summed E-state index contributed by atoms with van der Waals surface area (Å²) in [6.07, 6.45) is 0. The van der Waals surface area contributed by atoms with Gasteiger partial charge in [-0.3, -0.25) is 0 Å². The van der Waals surface area contributed by atoms with E-state index in [-0.39, 0.29) is 6.04 Å². The second-order valence-corrected chi connectivity index (χ2v) is 3.66. The zero-order valence-corrected chi connectivity index (χ0v) is 8.37. The van der Waals surface area contributed by atoms with Gasteiger partial charge < -0.3 is 10.8 Å². The van der Waals surface area contributed by atoms with Gasteiger partial charge in [-0.25, -0.2) is 0 Å². The van der Waals surface area contributed by atoms with Crippen LogP contribution < -0.4 is 5.73 Å². The van der Waals surface area contributed by atoms with Crippen LogP contribution >= 0.6 is 22.6 Å². The first-order valence-electron chi connectivity index (χ1n) is 3.35. The Morgan fingerprint density at radius 1 is 1.55 bits per heavy atom. The average Bonchev–Trinajstić information content (AvgIpc) is 1.85. The number of hydrogen-bond acceptors (Lipinski definition) is 2. The lowest BCUT2D eigenvalue weighted by molar-refractivity contribution is 0.474. The summed E-state index contributed by atoms with van der Waals surface area (Å²) in [5.74, 6) is 0.291. The summed E-state index contributed by atoms with van der Waals surface area (Å²) in [6, 6.07) is 5.24. The summed E-state index contributed by atoms with van der Waals surface area (Å²) in [4.78, 5) is 0. The zero-order chi connectivity index (χ0) is 8.43. The Balaban J connectivity index is 3.09. The van der Waals surface area contributed by atoms with Crippen molar-refractivity contribution in [2.45, 2.75) is 13.0 Å². The van der Waals surface area contributed by atoms with Crippen LogP contribution in [0.5, 0.6) is 5.75 Å². The minimum Gasteiger partial charge on any atom is -0.508 e. The van der Waals surface area contributed by atoms with Gasteiger partial charge >= 0.3 is 0 Å². The molecule has 0 bridgehead atoms. The van der Waals surface area contributed by atoms with E-state index in [4.69, 9.17) is 10.8 Å². The number of hydrogen-bond donors (Lipinski definition) is 2. The van der Waals surface area contributed by atoms with Crippen molar-refractivity contribution in [1.29, 1.82) is 0 Å². The number of phenolic OH excluding ortho intramolecular Hbond substituents is 1. The van der Waals surface area contributed by atoms with E-state index in [0.29, 0.717) is 5.75 Å². The van der Waals surface area contributed by atoms with Crippen molar-refractivity contribution in [3.63, 3.8) is 0 Å². The maximum Gasteiger partial charge on any atom is 0.116 e. The Hall–Kier alpha value is -0.290. The monoisotopic (exact) mass is 263 g/mol. The smallest absolute Gasteiger partial charge is 0.116 e. The molecule has 2 nitrogen and oxygen atoms in total. The fourth-order valence-corrected chi connectivity index (χ4v) is 1.88. The average molecular weight is 263 g/mol. The Bertz CT molecular complexity index is 260. The van der Waals surface area contributed by atoms with Crippen LogP contribution in [-0.4, -0.2) is 5.11 Å². The Morgan fingerprint density at radius 2 is 2.18 bits per heavy atom. The lowest BCUT2D eigenvalue weighted by Crippen LogP contribution is -2.06. The number of benzene rings is 1. The summed E-state index contributed by atoms with van der Waals surface area (Å²) in [7, 11) is 0. The number of halogens is 1. The molecule has 0 aliphatic rings.